The van der Waals surface area contributed by atoms with Gasteiger partial charge in [-0.05, 0) is 42.2 Å². The van der Waals surface area contributed by atoms with E-state index in [0.717, 1.165) is 22.2 Å². The summed E-state index contributed by atoms with van der Waals surface area (Å²) in [5.74, 6) is -2.28. The molecule has 0 unspecified atom stereocenters. The average Bonchev–Trinajstić information content (AvgIpc) is 3.25. The molecule has 1 aliphatic rings. The van der Waals surface area contributed by atoms with E-state index in [1.165, 1.54) is 11.0 Å². The van der Waals surface area contributed by atoms with Crippen LogP contribution >= 0.6 is 23.2 Å². The highest BCUT2D eigenvalue weighted by Gasteiger charge is 2.38. The van der Waals surface area contributed by atoms with Crippen molar-refractivity contribution in [3.63, 3.8) is 0 Å². The summed E-state index contributed by atoms with van der Waals surface area (Å²) in [6, 6.07) is 9.90. The van der Waals surface area contributed by atoms with Gasteiger partial charge in [0.05, 0.1) is 16.6 Å². The molecule has 1 aromatic heterocycles. The van der Waals surface area contributed by atoms with Crippen molar-refractivity contribution in [2.75, 3.05) is 11.9 Å². The van der Waals surface area contributed by atoms with Crippen LogP contribution < -0.4 is 16.0 Å². The minimum atomic E-state index is -1.19. The van der Waals surface area contributed by atoms with Gasteiger partial charge in [-0.25, -0.2) is 4.79 Å². The number of para-hydroxylation sites is 1. The Labute approximate surface area is 235 Å². The van der Waals surface area contributed by atoms with Crippen LogP contribution in [0.5, 0.6) is 0 Å². The number of benzene rings is 2. The zero-order valence-electron chi connectivity index (χ0n) is 21.4. The fourth-order valence-corrected chi connectivity index (χ4v) is 4.98. The number of urea groups is 1. The first-order chi connectivity index (χ1) is 18.5. The van der Waals surface area contributed by atoms with Gasteiger partial charge >= 0.3 is 12.0 Å². The van der Waals surface area contributed by atoms with Crippen LogP contribution in [0.25, 0.3) is 10.9 Å². The Bertz CT molecular complexity index is 1420. The molecule has 12 heteroatoms. The molecule has 0 fully saturated rings. The molecule has 0 saturated heterocycles. The molecule has 4 rings (SSSR count). The lowest BCUT2D eigenvalue weighted by atomic mass is 9.95. The van der Waals surface area contributed by atoms with Crippen molar-refractivity contribution >= 4 is 63.6 Å². The largest absolute Gasteiger partial charge is 0.480 e. The number of aliphatic carboxylic acids is 1. The molecule has 2 atom stereocenters. The normalized spacial score (nSPS) is 15.5. The zero-order valence-corrected chi connectivity index (χ0v) is 22.9. The van der Waals surface area contributed by atoms with Crippen LogP contribution in [-0.4, -0.2) is 57.4 Å². The Morgan fingerprint density at radius 3 is 2.54 bits per heavy atom. The number of hydrogen-bond donors (Lipinski definition) is 5. The molecule has 2 heterocycles. The molecule has 0 radical (unpaired) electrons. The van der Waals surface area contributed by atoms with Gasteiger partial charge in [0.15, 0.2) is 0 Å². The van der Waals surface area contributed by atoms with E-state index in [4.69, 9.17) is 28.3 Å². The van der Waals surface area contributed by atoms with Gasteiger partial charge in [0, 0.05) is 28.7 Å². The van der Waals surface area contributed by atoms with E-state index in [9.17, 15) is 19.2 Å². The minimum Gasteiger partial charge on any atom is -0.480 e. The van der Waals surface area contributed by atoms with Gasteiger partial charge in [-0.3, -0.25) is 14.4 Å². The van der Waals surface area contributed by atoms with Crippen molar-refractivity contribution < 1.29 is 24.3 Å². The summed E-state index contributed by atoms with van der Waals surface area (Å²) in [7, 11) is 0. The van der Waals surface area contributed by atoms with Crippen LogP contribution in [-0.2, 0) is 27.3 Å². The third-order valence-electron chi connectivity index (χ3n) is 6.49. The molecule has 0 spiro atoms. The van der Waals surface area contributed by atoms with E-state index < -0.39 is 42.4 Å². The van der Waals surface area contributed by atoms with Crippen molar-refractivity contribution in [3.8, 4) is 0 Å². The smallest absolute Gasteiger partial charge is 0.322 e. The number of fused-ring (bicyclic) bond motifs is 3. The van der Waals surface area contributed by atoms with Gasteiger partial charge < -0.3 is 30.9 Å². The number of aromatic nitrogens is 1. The number of rotatable bonds is 8. The number of amides is 4. The number of carboxylic acid groups (broad SMARTS) is 1. The number of carbonyl (C=O) groups is 4. The standard InChI is InChI=1S/C27H29Cl2N5O5/c1-14(2)9-21(25(37)30-12-24(35)36)33-26(38)23-11-17-16-5-3-4-6-20(16)32-22(17)13-34(23)27(39)31-15-7-8-18(28)19(29)10-15/h3-8,10,14,21,23,32H,9,11-13H2,1-2H3,(H,30,37)(H,31,39)(H,33,38)(H,35,36)/t21-,23+/m0/s1. The van der Waals surface area contributed by atoms with E-state index in [1.54, 1.807) is 12.1 Å². The number of H-pyrrole nitrogens is 1. The van der Waals surface area contributed by atoms with Crippen LogP contribution in [0.4, 0.5) is 10.5 Å². The van der Waals surface area contributed by atoms with Crippen molar-refractivity contribution in [2.24, 2.45) is 5.92 Å². The van der Waals surface area contributed by atoms with Crippen LogP contribution in [0.3, 0.4) is 0 Å². The van der Waals surface area contributed by atoms with E-state index in [2.05, 4.69) is 20.9 Å². The Kier molecular flexibility index (Phi) is 8.66. The highest BCUT2D eigenvalue weighted by molar-refractivity contribution is 6.42. The van der Waals surface area contributed by atoms with Gasteiger partial charge in [0.25, 0.3) is 0 Å². The maximum atomic E-state index is 13.7. The molecule has 5 N–H and O–H groups in total. The SMILES string of the molecule is CC(C)C[C@H](NC(=O)[C@H]1Cc2c([nH]c3ccccc23)CN1C(=O)Nc1ccc(Cl)c(Cl)c1)C(=O)NCC(=O)O. The summed E-state index contributed by atoms with van der Waals surface area (Å²) >= 11 is 12.1. The number of anilines is 1. The summed E-state index contributed by atoms with van der Waals surface area (Å²) in [6.45, 7) is 3.33. The molecule has 3 aromatic rings. The maximum absolute atomic E-state index is 13.7. The first kappa shape index (κ1) is 28.3. The second-order valence-corrected chi connectivity index (χ2v) is 10.7. The lowest BCUT2D eigenvalue weighted by molar-refractivity contribution is -0.138. The number of halogens is 2. The molecule has 0 bridgehead atoms. The lowest BCUT2D eigenvalue weighted by Gasteiger charge is -2.35. The van der Waals surface area contributed by atoms with E-state index in [0.29, 0.717) is 10.7 Å². The number of carboxylic acids is 1. The summed E-state index contributed by atoms with van der Waals surface area (Å²) in [4.78, 5) is 55.6. The van der Waals surface area contributed by atoms with Crippen molar-refractivity contribution in [2.45, 2.75) is 45.3 Å². The molecular weight excluding hydrogens is 545 g/mol. The molecule has 39 heavy (non-hydrogen) atoms. The van der Waals surface area contributed by atoms with Crippen LogP contribution in [0.1, 0.15) is 31.5 Å². The van der Waals surface area contributed by atoms with E-state index >= 15 is 0 Å². The van der Waals surface area contributed by atoms with E-state index in [1.807, 2.05) is 38.1 Å². The second kappa shape index (κ2) is 12.0. The Morgan fingerprint density at radius 2 is 1.85 bits per heavy atom. The van der Waals surface area contributed by atoms with Crippen LogP contribution in [0.15, 0.2) is 42.5 Å². The fourth-order valence-electron chi connectivity index (χ4n) is 4.68. The highest BCUT2D eigenvalue weighted by atomic mass is 35.5. The molecule has 0 aliphatic carbocycles. The monoisotopic (exact) mass is 573 g/mol. The van der Waals surface area contributed by atoms with E-state index in [-0.39, 0.29) is 30.3 Å². The predicted molar refractivity (Wildman–Crippen MR) is 149 cm³/mol. The number of aromatic amines is 1. The van der Waals surface area contributed by atoms with Gasteiger partial charge in [-0.1, -0.05) is 55.2 Å². The molecule has 4 amide bonds. The summed E-state index contributed by atoms with van der Waals surface area (Å²) < 4.78 is 0. The Hall–Kier alpha value is -3.76. The third kappa shape index (κ3) is 6.63. The van der Waals surface area contributed by atoms with Crippen molar-refractivity contribution in [1.29, 1.82) is 0 Å². The number of carbonyl (C=O) groups excluding carboxylic acids is 3. The van der Waals surface area contributed by atoms with Crippen molar-refractivity contribution in [1.82, 2.24) is 20.5 Å². The quantitative estimate of drug-likeness (QED) is 0.275. The number of nitrogens with one attached hydrogen (secondary N) is 4. The summed E-state index contributed by atoms with van der Waals surface area (Å²) in [6.07, 6.45) is 0.503. The van der Waals surface area contributed by atoms with Crippen LogP contribution in [0, 0.1) is 5.92 Å². The number of nitrogens with zero attached hydrogens (tertiary/aromatic N) is 1. The first-order valence-electron chi connectivity index (χ1n) is 12.4. The molecule has 0 saturated carbocycles. The number of hydrogen-bond acceptors (Lipinski definition) is 4. The zero-order chi connectivity index (χ0) is 28.3. The summed E-state index contributed by atoms with van der Waals surface area (Å²) in [5.41, 5.74) is 3.02. The predicted octanol–water partition coefficient (Wildman–Crippen LogP) is 4.17. The van der Waals surface area contributed by atoms with Gasteiger partial charge in [-0.15, -0.1) is 0 Å². The Balaban J connectivity index is 1.63. The molecule has 10 nitrogen and oxygen atoms in total. The highest BCUT2D eigenvalue weighted by Crippen LogP contribution is 2.31. The summed E-state index contributed by atoms with van der Waals surface area (Å²) in [5, 5.41) is 18.4. The first-order valence-corrected chi connectivity index (χ1v) is 13.2. The minimum absolute atomic E-state index is 0.0338. The topological polar surface area (TPSA) is 144 Å². The molecule has 2 aromatic carbocycles. The molecular formula is C27H29Cl2N5O5. The molecule has 1 aliphatic heterocycles. The maximum Gasteiger partial charge on any atom is 0.322 e. The van der Waals surface area contributed by atoms with Crippen LogP contribution in [0.2, 0.25) is 10.0 Å². The lowest BCUT2D eigenvalue weighted by Crippen LogP contribution is -2.57. The third-order valence-corrected chi connectivity index (χ3v) is 7.23. The Morgan fingerprint density at radius 1 is 1.10 bits per heavy atom. The van der Waals surface area contributed by atoms with Crippen molar-refractivity contribution in [3.05, 3.63) is 63.8 Å². The fraction of sp³-hybridized carbons (Fsp3) is 0.333. The molecule has 206 valence electrons. The van der Waals surface area contributed by atoms with Gasteiger partial charge in [0.2, 0.25) is 11.8 Å². The second-order valence-electron chi connectivity index (χ2n) is 9.84. The van der Waals surface area contributed by atoms with Gasteiger partial charge in [0.1, 0.15) is 18.6 Å². The van der Waals surface area contributed by atoms with Gasteiger partial charge in [-0.2, -0.15) is 0 Å². The average molecular weight is 574 g/mol.